The number of hydrogen-bond acceptors (Lipinski definition) is 3. The van der Waals surface area contributed by atoms with Crippen LogP contribution in [0, 0.1) is 6.92 Å². The number of aromatic nitrogens is 1. The molecule has 0 spiro atoms. The van der Waals surface area contributed by atoms with E-state index < -0.39 is 0 Å². The summed E-state index contributed by atoms with van der Waals surface area (Å²) in [5.74, 6) is -0.0896. The molecule has 0 aliphatic heterocycles. The molecule has 0 fully saturated rings. The number of rotatable bonds is 4. The van der Waals surface area contributed by atoms with Crippen molar-refractivity contribution in [3.63, 3.8) is 0 Å². The van der Waals surface area contributed by atoms with Crippen molar-refractivity contribution in [2.45, 2.75) is 13.5 Å². The summed E-state index contributed by atoms with van der Waals surface area (Å²) in [5, 5.41) is 6.45. The molecule has 3 rings (SSSR count). The highest BCUT2D eigenvalue weighted by molar-refractivity contribution is 7.09. The van der Waals surface area contributed by atoms with E-state index in [0.717, 1.165) is 21.8 Å². The van der Waals surface area contributed by atoms with Crippen LogP contribution in [0.5, 0.6) is 0 Å². The molecule has 0 bridgehead atoms. The van der Waals surface area contributed by atoms with Crippen LogP contribution in [-0.4, -0.2) is 10.9 Å². The highest BCUT2D eigenvalue weighted by Gasteiger charge is 2.08. The Labute approximate surface area is 144 Å². The van der Waals surface area contributed by atoms with Crippen molar-refractivity contribution in [1.82, 2.24) is 10.3 Å². The predicted octanol–water partition coefficient (Wildman–Crippen LogP) is 4.70. The van der Waals surface area contributed by atoms with Crippen LogP contribution in [0.4, 0.5) is 0 Å². The Kier molecular flexibility index (Phi) is 4.74. The predicted molar refractivity (Wildman–Crippen MR) is 94.9 cm³/mol. The largest absolute Gasteiger partial charge is 0.346 e. The van der Waals surface area contributed by atoms with Crippen LogP contribution < -0.4 is 5.32 Å². The molecule has 0 aliphatic carbocycles. The van der Waals surface area contributed by atoms with Crippen molar-refractivity contribution in [3.8, 4) is 11.3 Å². The summed E-state index contributed by atoms with van der Waals surface area (Å²) in [4.78, 5) is 16.6. The zero-order valence-electron chi connectivity index (χ0n) is 12.5. The second-order valence-electron chi connectivity index (χ2n) is 5.18. The van der Waals surface area contributed by atoms with E-state index in [4.69, 9.17) is 11.6 Å². The van der Waals surface area contributed by atoms with E-state index in [1.165, 1.54) is 11.3 Å². The molecule has 2 aromatic carbocycles. The van der Waals surface area contributed by atoms with E-state index >= 15 is 0 Å². The minimum Gasteiger partial charge on any atom is -0.346 e. The zero-order valence-corrected chi connectivity index (χ0v) is 14.1. The number of hydrogen-bond donors (Lipinski definition) is 1. The van der Waals surface area contributed by atoms with Gasteiger partial charge in [0.25, 0.3) is 5.91 Å². The summed E-state index contributed by atoms with van der Waals surface area (Å²) >= 11 is 7.42. The van der Waals surface area contributed by atoms with Crippen molar-refractivity contribution in [2.75, 3.05) is 0 Å². The highest BCUT2D eigenvalue weighted by atomic mass is 35.5. The van der Waals surface area contributed by atoms with Crippen LogP contribution in [-0.2, 0) is 6.54 Å². The number of nitrogens with one attached hydrogen (secondary N) is 1. The summed E-state index contributed by atoms with van der Waals surface area (Å²) in [6, 6.07) is 15.1. The fourth-order valence-electron chi connectivity index (χ4n) is 2.11. The molecule has 0 saturated carbocycles. The molecule has 0 atom stereocenters. The highest BCUT2D eigenvalue weighted by Crippen LogP contribution is 2.23. The standard InChI is InChI=1S/C18H15ClN2OS/c1-12-2-4-14(5-3-12)18(22)20-10-17-21-16(11-23-17)13-6-8-15(19)9-7-13/h2-9,11H,10H2,1H3,(H,20,22). The minimum absolute atomic E-state index is 0.0896. The van der Waals surface area contributed by atoms with Crippen LogP contribution >= 0.6 is 22.9 Å². The lowest BCUT2D eigenvalue weighted by atomic mass is 10.1. The molecule has 5 heteroatoms. The van der Waals surface area contributed by atoms with Gasteiger partial charge in [0.1, 0.15) is 5.01 Å². The first kappa shape index (κ1) is 15.7. The summed E-state index contributed by atoms with van der Waals surface area (Å²) in [6.45, 7) is 2.42. The molecule has 0 saturated heterocycles. The molecule has 0 radical (unpaired) electrons. The van der Waals surface area contributed by atoms with E-state index in [9.17, 15) is 4.79 Å². The SMILES string of the molecule is Cc1ccc(C(=O)NCc2nc(-c3ccc(Cl)cc3)cs2)cc1. The number of halogens is 1. The molecule has 3 nitrogen and oxygen atoms in total. The Morgan fingerprint density at radius 1 is 1.13 bits per heavy atom. The van der Waals surface area contributed by atoms with Crippen molar-refractivity contribution in [1.29, 1.82) is 0 Å². The molecule has 3 aromatic rings. The molecule has 1 N–H and O–H groups in total. The molecular formula is C18H15ClN2OS. The second-order valence-corrected chi connectivity index (χ2v) is 6.56. The average Bonchev–Trinajstić information content (AvgIpc) is 3.03. The molecule has 1 heterocycles. The van der Waals surface area contributed by atoms with Crippen molar-refractivity contribution in [3.05, 3.63) is 75.1 Å². The number of thiazole rings is 1. The second kappa shape index (κ2) is 6.94. The summed E-state index contributed by atoms with van der Waals surface area (Å²) < 4.78 is 0. The van der Waals surface area contributed by atoms with E-state index in [1.54, 1.807) is 0 Å². The fraction of sp³-hybridized carbons (Fsp3) is 0.111. The van der Waals surface area contributed by atoms with Crippen LogP contribution in [0.25, 0.3) is 11.3 Å². The first-order valence-corrected chi connectivity index (χ1v) is 8.43. The van der Waals surface area contributed by atoms with Gasteiger partial charge in [-0.25, -0.2) is 4.98 Å². The van der Waals surface area contributed by atoms with Gasteiger partial charge in [-0.3, -0.25) is 4.79 Å². The molecule has 116 valence electrons. The number of benzene rings is 2. The number of carbonyl (C=O) groups excluding carboxylic acids is 1. The lowest BCUT2D eigenvalue weighted by Gasteiger charge is -2.03. The Morgan fingerprint density at radius 3 is 2.52 bits per heavy atom. The maximum Gasteiger partial charge on any atom is 0.251 e. The summed E-state index contributed by atoms with van der Waals surface area (Å²) in [6.07, 6.45) is 0. The van der Waals surface area contributed by atoms with Crippen molar-refractivity contribution >= 4 is 28.8 Å². The van der Waals surface area contributed by atoms with Crippen LogP contribution in [0.3, 0.4) is 0 Å². The first-order chi connectivity index (χ1) is 11.1. The van der Waals surface area contributed by atoms with Gasteiger partial charge in [0.05, 0.1) is 12.2 Å². The van der Waals surface area contributed by atoms with Gasteiger partial charge in [-0.05, 0) is 31.2 Å². The van der Waals surface area contributed by atoms with Gasteiger partial charge in [-0.15, -0.1) is 11.3 Å². The van der Waals surface area contributed by atoms with E-state index in [1.807, 2.05) is 60.8 Å². The third-order valence-electron chi connectivity index (χ3n) is 3.41. The van der Waals surface area contributed by atoms with Gasteiger partial charge in [0.2, 0.25) is 0 Å². The van der Waals surface area contributed by atoms with Gasteiger partial charge in [0.15, 0.2) is 0 Å². The summed E-state index contributed by atoms with van der Waals surface area (Å²) in [5.41, 5.74) is 3.70. The number of nitrogens with zero attached hydrogens (tertiary/aromatic N) is 1. The maximum atomic E-state index is 12.1. The Bertz CT molecular complexity index is 810. The Morgan fingerprint density at radius 2 is 1.83 bits per heavy atom. The van der Waals surface area contributed by atoms with Crippen LogP contribution in [0.15, 0.2) is 53.9 Å². The third kappa shape index (κ3) is 3.97. The average molecular weight is 343 g/mol. The van der Waals surface area contributed by atoms with Gasteiger partial charge < -0.3 is 5.32 Å². The number of aryl methyl sites for hydroxylation is 1. The zero-order chi connectivity index (χ0) is 16.2. The van der Waals surface area contributed by atoms with E-state index in [2.05, 4.69) is 10.3 Å². The van der Waals surface area contributed by atoms with Crippen molar-refractivity contribution in [2.24, 2.45) is 0 Å². The number of carbonyl (C=O) groups is 1. The van der Waals surface area contributed by atoms with E-state index in [-0.39, 0.29) is 5.91 Å². The Balaban J connectivity index is 1.64. The molecule has 1 aromatic heterocycles. The van der Waals surface area contributed by atoms with E-state index in [0.29, 0.717) is 17.1 Å². The lowest BCUT2D eigenvalue weighted by molar-refractivity contribution is 0.0951. The Hall–Kier alpha value is -2.17. The maximum absolute atomic E-state index is 12.1. The topological polar surface area (TPSA) is 42.0 Å². The molecule has 1 amide bonds. The lowest BCUT2D eigenvalue weighted by Crippen LogP contribution is -2.22. The third-order valence-corrected chi connectivity index (χ3v) is 4.51. The van der Waals surface area contributed by atoms with Gasteiger partial charge in [0, 0.05) is 21.5 Å². The monoisotopic (exact) mass is 342 g/mol. The first-order valence-electron chi connectivity index (χ1n) is 7.17. The van der Waals surface area contributed by atoms with Gasteiger partial charge in [-0.2, -0.15) is 0 Å². The van der Waals surface area contributed by atoms with Gasteiger partial charge in [-0.1, -0.05) is 41.4 Å². The minimum atomic E-state index is -0.0896. The number of amides is 1. The fourth-order valence-corrected chi connectivity index (χ4v) is 2.98. The molecular weight excluding hydrogens is 328 g/mol. The van der Waals surface area contributed by atoms with Crippen molar-refractivity contribution < 1.29 is 4.79 Å². The summed E-state index contributed by atoms with van der Waals surface area (Å²) in [7, 11) is 0. The smallest absolute Gasteiger partial charge is 0.251 e. The van der Waals surface area contributed by atoms with Crippen LogP contribution in [0.1, 0.15) is 20.9 Å². The normalized spacial score (nSPS) is 10.5. The molecule has 0 unspecified atom stereocenters. The van der Waals surface area contributed by atoms with Crippen LogP contribution in [0.2, 0.25) is 5.02 Å². The van der Waals surface area contributed by atoms with Gasteiger partial charge >= 0.3 is 0 Å². The quantitative estimate of drug-likeness (QED) is 0.746. The molecule has 23 heavy (non-hydrogen) atoms. The molecule has 0 aliphatic rings.